The molecule has 2 amide bonds. The number of ether oxygens (including phenoxy) is 1. The highest BCUT2D eigenvalue weighted by Gasteiger charge is 2.31. The van der Waals surface area contributed by atoms with Gasteiger partial charge in [0.05, 0.1) is 0 Å². The minimum Gasteiger partial charge on any atom is -0.484 e. The summed E-state index contributed by atoms with van der Waals surface area (Å²) in [5.41, 5.74) is 5.61. The largest absolute Gasteiger partial charge is 0.484 e. The first-order chi connectivity index (χ1) is 11.4. The number of amides is 2. The summed E-state index contributed by atoms with van der Waals surface area (Å²) in [6.07, 6.45) is 3.41. The van der Waals surface area contributed by atoms with Gasteiger partial charge in [-0.25, -0.2) is 0 Å². The lowest BCUT2D eigenvalue weighted by Gasteiger charge is -2.37. The fourth-order valence-electron chi connectivity index (χ4n) is 3.50. The summed E-state index contributed by atoms with van der Waals surface area (Å²) in [5, 5.41) is 3.20. The third-order valence-electron chi connectivity index (χ3n) is 4.82. The minimum atomic E-state index is -0.541. The molecule has 0 spiro atoms. The molecule has 2 rings (SSSR count). The van der Waals surface area contributed by atoms with Gasteiger partial charge in [0.1, 0.15) is 5.75 Å². The lowest BCUT2D eigenvalue weighted by atomic mass is 9.74. The topological polar surface area (TPSA) is 81.4 Å². The van der Waals surface area contributed by atoms with Gasteiger partial charge in [-0.3, -0.25) is 9.59 Å². The summed E-state index contributed by atoms with van der Waals surface area (Å²) in [4.78, 5) is 23.4. The van der Waals surface area contributed by atoms with Crippen LogP contribution in [0.1, 0.15) is 50.4 Å². The molecule has 132 valence electrons. The van der Waals surface area contributed by atoms with Gasteiger partial charge in [0.25, 0.3) is 11.8 Å². The van der Waals surface area contributed by atoms with Crippen LogP contribution in [-0.2, 0) is 4.79 Å². The average molecular weight is 332 g/mol. The Hall–Kier alpha value is -2.04. The molecule has 0 aliphatic heterocycles. The maximum absolute atomic E-state index is 12.6. The Balaban J connectivity index is 2.05. The number of nitrogens with one attached hydrogen (secondary N) is 1. The zero-order chi connectivity index (χ0) is 17.7. The molecule has 5 nitrogen and oxygen atoms in total. The molecule has 3 atom stereocenters. The summed E-state index contributed by atoms with van der Waals surface area (Å²) < 4.78 is 5.27. The van der Waals surface area contributed by atoms with Crippen LogP contribution in [0.2, 0.25) is 0 Å². The van der Waals surface area contributed by atoms with Gasteiger partial charge in [0, 0.05) is 11.6 Å². The van der Waals surface area contributed by atoms with E-state index in [0.29, 0.717) is 29.1 Å². The molecule has 0 aromatic heterocycles. The number of carbonyl (C=O) groups is 2. The quantitative estimate of drug-likeness (QED) is 0.840. The van der Waals surface area contributed by atoms with Crippen molar-refractivity contribution < 1.29 is 14.3 Å². The first-order valence-corrected chi connectivity index (χ1v) is 8.69. The van der Waals surface area contributed by atoms with E-state index in [4.69, 9.17) is 10.5 Å². The van der Waals surface area contributed by atoms with Crippen LogP contribution < -0.4 is 15.8 Å². The van der Waals surface area contributed by atoms with Gasteiger partial charge >= 0.3 is 0 Å². The highest BCUT2D eigenvalue weighted by Crippen LogP contribution is 2.33. The lowest BCUT2D eigenvalue weighted by molar-refractivity contribution is -0.119. The van der Waals surface area contributed by atoms with Crippen molar-refractivity contribution >= 4 is 11.8 Å². The van der Waals surface area contributed by atoms with Crippen LogP contribution in [0, 0.1) is 17.8 Å². The highest BCUT2D eigenvalue weighted by molar-refractivity contribution is 5.94. The minimum absolute atomic E-state index is 0.0933. The number of primary amides is 1. The van der Waals surface area contributed by atoms with Crippen molar-refractivity contribution in [2.24, 2.45) is 23.5 Å². The zero-order valence-corrected chi connectivity index (χ0v) is 14.7. The molecule has 0 heterocycles. The maximum Gasteiger partial charge on any atom is 0.255 e. The van der Waals surface area contributed by atoms with E-state index in [9.17, 15) is 9.59 Å². The Kier molecular flexibility index (Phi) is 6.23. The lowest BCUT2D eigenvalue weighted by Crippen LogP contribution is -2.45. The first-order valence-electron chi connectivity index (χ1n) is 8.69. The van der Waals surface area contributed by atoms with E-state index in [1.54, 1.807) is 24.3 Å². The van der Waals surface area contributed by atoms with Crippen LogP contribution in [0.4, 0.5) is 0 Å². The number of hydrogen-bond donors (Lipinski definition) is 2. The Morgan fingerprint density at radius 2 is 2.08 bits per heavy atom. The third kappa shape index (κ3) is 4.98. The highest BCUT2D eigenvalue weighted by atomic mass is 16.5. The van der Waals surface area contributed by atoms with Crippen LogP contribution in [0.3, 0.4) is 0 Å². The molecule has 0 saturated heterocycles. The summed E-state index contributed by atoms with van der Waals surface area (Å²) >= 11 is 0. The maximum atomic E-state index is 12.6. The zero-order valence-electron chi connectivity index (χ0n) is 14.7. The Labute approximate surface area is 143 Å². The second kappa shape index (κ2) is 8.18. The van der Waals surface area contributed by atoms with E-state index < -0.39 is 5.91 Å². The van der Waals surface area contributed by atoms with Gasteiger partial charge in [-0.15, -0.1) is 0 Å². The van der Waals surface area contributed by atoms with Crippen molar-refractivity contribution in [3.63, 3.8) is 0 Å². The summed E-state index contributed by atoms with van der Waals surface area (Å²) in [6.45, 7) is 6.49. The summed E-state index contributed by atoms with van der Waals surface area (Å²) in [5.74, 6) is 1.53. The second-order valence-electron chi connectivity index (χ2n) is 7.19. The Bertz CT molecular complexity index is 586. The Morgan fingerprint density at radius 3 is 2.75 bits per heavy atom. The number of rotatable bonds is 6. The molecule has 3 unspecified atom stereocenters. The van der Waals surface area contributed by atoms with Gasteiger partial charge in [-0.05, 0) is 48.8 Å². The van der Waals surface area contributed by atoms with Crippen molar-refractivity contribution in [2.75, 3.05) is 6.61 Å². The van der Waals surface area contributed by atoms with Crippen LogP contribution >= 0.6 is 0 Å². The van der Waals surface area contributed by atoms with Crippen LogP contribution in [-0.4, -0.2) is 24.5 Å². The van der Waals surface area contributed by atoms with E-state index in [1.165, 1.54) is 6.42 Å². The second-order valence-corrected chi connectivity index (χ2v) is 7.19. The molecule has 1 saturated carbocycles. The smallest absolute Gasteiger partial charge is 0.255 e. The molecular weight excluding hydrogens is 304 g/mol. The van der Waals surface area contributed by atoms with Crippen LogP contribution in [0.15, 0.2) is 24.3 Å². The SMILES string of the molecule is CC1CCC(C(C)C)C(NC(=O)c2cccc(OCC(N)=O)c2)C1. The number of benzene rings is 1. The molecule has 0 radical (unpaired) electrons. The molecule has 3 N–H and O–H groups in total. The van der Waals surface area contributed by atoms with Crippen LogP contribution in [0.5, 0.6) is 5.75 Å². The van der Waals surface area contributed by atoms with Crippen molar-refractivity contribution in [2.45, 2.75) is 46.1 Å². The molecule has 24 heavy (non-hydrogen) atoms. The Morgan fingerprint density at radius 1 is 1.33 bits per heavy atom. The third-order valence-corrected chi connectivity index (χ3v) is 4.82. The predicted molar refractivity (Wildman–Crippen MR) is 93.7 cm³/mol. The number of nitrogens with two attached hydrogens (primary N) is 1. The van der Waals surface area contributed by atoms with Gasteiger partial charge in [-0.2, -0.15) is 0 Å². The molecule has 1 aliphatic carbocycles. The standard InChI is InChI=1S/C19H28N2O3/c1-12(2)16-8-7-13(3)9-17(16)21-19(23)14-5-4-6-15(10-14)24-11-18(20)22/h4-6,10,12-13,16-17H,7-9,11H2,1-3H3,(H2,20,22)(H,21,23). The molecule has 1 fully saturated rings. The summed E-state index contributed by atoms with van der Waals surface area (Å²) in [7, 11) is 0. The molecular formula is C19H28N2O3. The molecule has 0 bridgehead atoms. The molecule has 1 aliphatic rings. The van der Waals surface area contributed by atoms with E-state index in [2.05, 4.69) is 26.1 Å². The fraction of sp³-hybridized carbons (Fsp3) is 0.579. The molecule has 5 heteroatoms. The molecule has 1 aromatic rings. The van der Waals surface area contributed by atoms with Crippen LogP contribution in [0.25, 0.3) is 0 Å². The molecule has 1 aromatic carbocycles. The predicted octanol–water partition coefficient (Wildman–Crippen LogP) is 2.74. The van der Waals surface area contributed by atoms with Crippen molar-refractivity contribution in [1.82, 2.24) is 5.32 Å². The fourth-order valence-corrected chi connectivity index (χ4v) is 3.50. The number of carbonyl (C=O) groups excluding carboxylic acids is 2. The monoisotopic (exact) mass is 332 g/mol. The number of hydrogen-bond acceptors (Lipinski definition) is 3. The van der Waals surface area contributed by atoms with Crippen molar-refractivity contribution in [1.29, 1.82) is 0 Å². The van der Waals surface area contributed by atoms with Crippen molar-refractivity contribution in [3.05, 3.63) is 29.8 Å². The van der Waals surface area contributed by atoms with E-state index in [-0.39, 0.29) is 18.6 Å². The van der Waals surface area contributed by atoms with Gasteiger partial charge < -0.3 is 15.8 Å². The van der Waals surface area contributed by atoms with Crippen molar-refractivity contribution in [3.8, 4) is 5.75 Å². The van der Waals surface area contributed by atoms with E-state index >= 15 is 0 Å². The first kappa shape index (κ1) is 18.3. The van der Waals surface area contributed by atoms with Gasteiger partial charge in [0.15, 0.2) is 6.61 Å². The van der Waals surface area contributed by atoms with Gasteiger partial charge in [0.2, 0.25) is 0 Å². The normalized spacial score (nSPS) is 23.8. The summed E-state index contributed by atoms with van der Waals surface area (Å²) in [6, 6.07) is 7.06. The average Bonchev–Trinajstić information content (AvgIpc) is 2.53. The van der Waals surface area contributed by atoms with E-state index in [0.717, 1.165) is 12.8 Å². The van der Waals surface area contributed by atoms with E-state index in [1.807, 2.05) is 0 Å². The van der Waals surface area contributed by atoms with Gasteiger partial charge in [-0.1, -0.05) is 33.3 Å².